The normalized spacial score (nSPS) is 12.8. The summed E-state index contributed by atoms with van der Waals surface area (Å²) < 4.78 is 4.92. The molecule has 1 aromatic heterocycles. The van der Waals surface area contributed by atoms with Gasteiger partial charge in [-0.15, -0.1) is 0 Å². The van der Waals surface area contributed by atoms with Crippen molar-refractivity contribution >= 4 is 16.9 Å². The summed E-state index contributed by atoms with van der Waals surface area (Å²) in [6.45, 7) is 4.26. The van der Waals surface area contributed by atoms with Gasteiger partial charge >= 0.3 is 5.97 Å². The Hall–Kier alpha value is -1.77. The van der Waals surface area contributed by atoms with Gasteiger partial charge < -0.3 is 9.72 Å². The number of nitrogens with one attached hydrogen (secondary N) is 1. The van der Waals surface area contributed by atoms with E-state index in [1.807, 2.05) is 18.3 Å². The first-order chi connectivity index (χ1) is 9.11. The fourth-order valence-corrected chi connectivity index (χ4v) is 2.56. The standard InChI is InChI=1S/C16H21NO2/c1-11(2)8-12(16(18)19-3)9-13-10-17-15-7-5-4-6-14(13)15/h4-7,10-12,17H,8-9H2,1-3H3. The minimum absolute atomic E-state index is 0.0655. The van der Waals surface area contributed by atoms with Gasteiger partial charge in [-0.25, -0.2) is 0 Å². The zero-order chi connectivity index (χ0) is 13.8. The van der Waals surface area contributed by atoms with E-state index in [2.05, 4.69) is 31.0 Å². The molecule has 0 aliphatic rings. The van der Waals surface area contributed by atoms with Crippen LogP contribution in [-0.2, 0) is 16.0 Å². The van der Waals surface area contributed by atoms with Crippen LogP contribution in [0.1, 0.15) is 25.8 Å². The molecule has 19 heavy (non-hydrogen) atoms. The summed E-state index contributed by atoms with van der Waals surface area (Å²) in [6.07, 6.45) is 3.59. The van der Waals surface area contributed by atoms with E-state index in [1.165, 1.54) is 18.1 Å². The predicted molar refractivity (Wildman–Crippen MR) is 77.0 cm³/mol. The summed E-state index contributed by atoms with van der Waals surface area (Å²) in [7, 11) is 1.46. The Morgan fingerprint density at radius 2 is 2.05 bits per heavy atom. The first-order valence-corrected chi connectivity index (χ1v) is 6.74. The van der Waals surface area contributed by atoms with E-state index < -0.39 is 0 Å². The van der Waals surface area contributed by atoms with E-state index >= 15 is 0 Å². The number of aromatic amines is 1. The molecule has 0 radical (unpaired) electrons. The van der Waals surface area contributed by atoms with E-state index in [0.717, 1.165) is 18.4 Å². The lowest BCUT2D eigenvalue weighted by molar-refractivity contribution is -0.146. The molecule has 3 nitrogen and oxygen atoms in total. The number of carbonyl (C=O) groups excluding carboxylic acids is 1. The Morgan fingerprint density at radius 1 is 1.32 bits per heavy atom. The van der Waals surface area contributed by atoms with Crippen molar-refractivity contribution in [3.05, 3.63) is 36.0 Å². The van der Waals surface area contributed by atoms with Crippen molar-refractivity contribution in [1.29, 1.82) is 0 Å². The molecule has 1 N–H and O–H groups in total. The zero-order valence-electron chi connectivity index (χ0n) is 11.8. The zero-order valence-corrected chi connectivity index (χ0v) is 11.8. The number of rotatable bonds is 5. The van der Waals surface area contributed by atoms with Crippen LogP contribution in [0.4, 0.5) is 0 Å². The Labute approximate surface area is 114 Å². The number of fused-ring (bicyclic) bond motifs is 1. The average Bonchev–Trinajstić information content (AvgIpc) is 2.80. The molecule has 1 aromatic carbocycles. The fraction of sp³-hybridized carbons (Fsp3) is 0.438. The van der Waals surface area contributed by atoms with Gasteiger partial charge in [0.1, 0.15) is 0 Å². The summed E-state index contributed by atoms with van der Waals surface area (Å²) in [5.74, 6) is 0.303. The van der Waals surface area contributed by atoms with Crippen molar-refractivity contribution in [3.63, 3.8) is 0 Å². The number of hydrogen-bond donors (Lipinski definition) is 1. The number of benzene rings is 1. The van der Waals surface area contributed by atoms with Crippen molar-refractivity contribution < 1.29 is 9.53 Å². The summed E-state index contributed by atoms with van der Waals surface area (Å²) in [4.78, 5) is 15.1. The van der Waals surface area contributed by atoms with Crippen LogP contribution in [0.3, 0.4) is 0 Å². The smallest absolute Gasteiger partial charge is 0.309 e. The number of ether oxygens (including phenoxy) is 1. The van der Waals surface area contributed by atoms with E-state index in [9.17, 15) is 4.79 Å². The molecule has 1 atom stereocenters. The fourth-order valence-electron chi connectivity index (χ4n) is 2.56. The number of esters is 1. The Kier molecular flexibility index (Phi) is 4.25. The number of H-pyrrole nitrogens is 1. The lowest BCUT2D eigenvalue weighted by Crippen LogP contribution is -2.20. The van der Waals surface area contributed by atoms with Crippen molar-refractivity contribution in [1.82, 2.24) is 4.98 Å². The third-order valence-corrected chi connectivity index (χ3v) is 3.43. The van der Waals surface area contributed by atoms with Gasteiger partial charge in [0.05, 0.1) is 13.0 Å². The Morgan fingerprint density at radius 3 is 2.74 bits per heavy atom. The molecule has 0 saturated heterocycles. The Bertz CT molecular complexity index is 557. The molecule has 0 aliphatic heterocycles. The second-order valence-corrected chi connectivity index (χ2v) is 5.41. The molecule has 0 saturated carbocycles. The van der Waals surface area contributed by atoms with Crippen LogP contribution in [0.5, 0.6) is 0 Å². The molecule has 2 rings (SSSR count). The average molecular weight is 259 g/mol. The maximum absolute atomic E-state index is 11.9. The number of aromatic nitrogens is 1. The van der Waals surface area contributed by atoms with Crippen LogP contribution in [0, 0.1) is 11.8 Å². The summed E-state index contributed by atoms with van der Waals surface area (Å²) in [5, 5.41) is 1.19. The minimum Gasteiger partial charge on any atom is -0.469 e. The third-order valence-electron chi connectivity index (χ3n) is 3.43. The molecule has 1 unspecified atom stereocenters. The van der Waals surface area contributed by atoms with Gasteiger partial charge in [0.15, 0.2) is 0 Å². The predicted octanol–water partition coefficient (Wildman–Crippen LogP) is 3.55. The monoisotopic (exact) mass is 259 g/mol. The quantitative estimate of drug-likeness (QED) is 0.834. The van der Waals surface area contributed by atoms with Gasteiger partial charge in [0, 0.05) is 17.1 Å². The summed E-state index contributed by atoms with van der Waals surface area (Å²) in [6, 6.07) is 8.17. The largest absolute Gasteiger partial charge is 0.469 e. The van der Waals surface area contributed by atoms with Crippen LogP contribution >= 0.6 is 0 Å². The maximum Gasteiger partial charge on any atom is 0.309 e. The van der Waals surface area contributed by atoms with Crippen LogP contribution < -0.4 is 0 Å². The van der Waals surface area contributed by atoms with Crippen LogP contribution in [0.2, 0.25) is 0 Å². The highest BCUT2D eigenvalue weighted by Crippen LogP contribution is 2.24. The third kappa shape index (κ3) is 3.16. The van der Waals surface area contributed by atoms with Gasteiger partial charge in [-0.05, 0) is 30.4 Å². The number of para-hydroxylation sites is 1. The SMILES string of the molecule is COC(=O)C(Cc1c[nH]c2ccccc12)CC(C)C. The number of carbonyl (C=O) groups is 1. The van der Waals surface area contributed by atoms with Gasteiger partial charge in [0.25, 0.3) is 0 Å². The highest BCUT2D eigenvalue weighted by atomic mass is 16.5. The second-order valence-electron chi connectivity index (χ2n) is 5.41. The van der Waals surface area contributed by atoms with Gasteiger partial charge in [-0.2, -0.15) is 0 Å². The molecule has 3 heteroatoms. The first-order valence-electron chi connectivity index (χ1n) is 6.74. The number of methoxy groups -OCH3 is 1. The summed E-state index contributed by atoms with van der Waals surface area (Å²) >= 11 is 0. The van der Waals surface area contributed by atoms with E-state index in [-0.39, 0.29) is 11.9 Å². The Balaban J connectivity index is 2.23. The molecular formula is C16H21NO2. The molecule has 102 valence electrons. The van der Waals surface area contributed by atoms with Crippen LogP contribution in [-0.4, -0.2) is 18.1 Å². The van der Waals surface area contributed by atoms with Crippen molar-refractivity contribution in [2.45, 2.75) is 26.7 Å². The maximum atomic E-state index is 11.9. The highest BCUT2D eigenvalue weighted by Gasteiger charge is 2.22. The van der Waals surface area contributed by atoms with Crippen molar-refractivity contribution in [3.8, 4) is 0 Å². The molecule has 1 heterocycles. The molecule has 0 spiro atoms. The topological polar surface area (TPSA) is 42.1 Å². The van der Waals surface area contributed by atoms with E-state index in [4.69, 9.17) is 4.74 Å². The lowest BCUT2D eigenvalue weighted by Gasteiger charge is -2.16. The minimum atomic E-state index is -0.112. The molecule has 0 aliphatic carbocycles. The van der Waals surface area contributed by atoms with E-state index in [1.54, 1.807) is 0 Å². The second kappa shape index (κ2) is 5.91. The van der Waals surface area contributed by atoms with Gasteiger partial charge in [-0.1, -0.05) is 32.0 Å². The van der Waals surface area contributed by atoms with Crippen LogP contribution in [0.15, 0.2) is 30.5 Å². The van der Waals surface area contributed by atoms with Crippen molar-refractivity contribution in [2.24, 2.45) is 11.8 Å². The highest BCUT2D eigenvalue weighted by molar-refractivity contribution is 5.84. The molecule has 0 amide bonds. The number of hydrogen-bond acceptors (Lipinski definition) is 2. The van der Waals surface area contributed by atoms with Crippen molar-refractivity contribution in [2.75, 3.05) is 7.11 Å². The van der Waals surface area contributed by atoms with Gasteiger partial charge in [0.2, 0.25) is 0 Å². The molecule has 0 fully saturated rings. The van der Waals surface area contributed by atoms with Crippen LogP contribution in [0.25, 0.3) is 10.9 Å². The summed E-state index contributed by atoms with van der Waals surface area (Å²) in [5.41, 5.74) is 2.30. The lowest BCUT2D eigenvalue weighted by atomic mass is 9.91. The molecular weight excluding hydrogens is 238 g/mol. The van der Waals surface area contributed by atoms with E-state index in [0.29, 0.717) is 5.92 Å². The molecule has 2 aromatic rings. The first kappa shape index (κ1) is 13.7. The van der Waals surface area contributed by atoms with Gasteiger partial charge in [-0.3, -0.25) is 4.79 Å². The molecule has 0 bridgehead atoms.